The number of allylic oxidation sites excluding steroid dienone is 2. The standard InChI is InChI=1S/C11H9N3O3/c1-5(15)14-9-7(12)11(17)8-6(10(9)16)3-2-4-13-8/h2-4H,12H2,1H3,(H,14,15). The molecule has 1 heterocycles. The molecule has 1 aliphatic carbocycles. The van der Waals surface area contributed by atoms with Crippen molar-refractivity contribution >= 4 is 17.5 Å². The molecule has 0 saturated heterocycles. The number of hydrogen-bond acceptors (Lipinski definition) is 5. The third kappa shape index (κ3) is 1.69. The molecule has 0 aliphatic heterocycles. The number of Topliss-reactive ketones (excluding diaryl/α,β-unsaturated/α-hetero) is 2. The highest BCUT2D eigenvalue weighted by Gasteiger charge is 2.32. The van der Waals surface area contributed by atoms with E-state index in [-0.39, 0.29) is 22.7 Å². The lowest BCUT2D eigenvalue weighted by Gasteiger charge is -2.17. The molecule has 86 valence electrons. The maximum Gasteiger partial charge on any atom is 0.229 e. The number of aromatic nitrogens is 1. The van der Waals surface area contributed by atoms with Crippen molar-refractivity contribution in [3.05, 3.63) is 41.0 Å². The van der Waals surface area contributed by atoms with E-state index in [1.807, 2.05) is 0 Å². The van der Waals surface area contributed by atoms with E-state index in [1.54, 1.807) is 0 Å². The number of amides is 1. The molecule has 6 heteroatoms. The summed E-state index contributed by atoms with van der Waals surface area (Å²) in [4.78, 5) is 38.5. The third-order valence-electron chi connectivity index (χ3n) is 2.31. The van der Waals surface area contributed by atoms with E-state index in [9.17, 15) is 14.4 Å². The largest absolute Gasteiger partial charge is 0.394 e. The second kappa shape index (κ2) is 3.82. The molecule has 0 bridgehead atoms. The number of fused-ring (bicyclic) bond motifs is 1. The van der Waals surface area contributed by atoms with Gasteiger partial charge in [-0.05, 0) is 12.1 Å². The smallest absolute Gasteiger partial charge is 0.229 e. The molecule has 0 saturated carbocycles. The van der Waals surface area contributed by atoms with Crippen molar-refractivity contribution < 1.29 is 14.4 Å². The lowest BCUT2D eigenvalue weighted by atomic mass is 9.95. The number of ketones is 2. The minimum atomic E-state index is -0.552. The summed E-state index contributed by atoms with van der Waals surface area (Å²) in [5, 5.41) is 2.27. The molecule has 17 heavy (non-hydrogen) atoms. The second-order valence-corrected chi connectivity index (χ2v) is 3.53. The average Bonchev–Trinajstić information content (AvgIpc) is 2.31. The van der Waals surface area contributed by atoms with Crippen molar-refractivity contribution in [3.8, 4) is 0 Å². The molecule has 0 radical (unpaired) electrons. The van der Waals surface area contributed by atoms with Crippen LogP contribution in [-0.4, -0.2) is 22.5 Å². The van der Waals surface area contributed by atoms with Gasteiger partial charge in [0.1, 0.15) is 17.1 Å². The first-order valence-corrected chi connectivity index (χ1v) is 4.84. The predicted molar refractivity (Wildman–Crippen MR) is 57.9 cm³/mol. The lowest BCUT2D eigenvalue weighted by Crippen LogP contribution is -2.36. The number of rotatable bonds is 1. The Morgan fingerprint density at radius 3 is 2.71 bits per heavy atom. The van der Waals surface area contributed by atoms with Crippen LogP contribution in [0, 0.1) is 0 Å². The number of pyridine rings is 1. The molecule has 0 unspecified atom stereocenters. The average molecular weight is 231 g/mol. The van der Waals surface area contributed by atoms with Crippen LogP contribution < -0.4 is 11.1 Å². The molecule has 1 aromatic heterocycles. The van der Waals surface area contributed by atoms with Crippen LogP contribution in [0.1, 0.15) is 27.8 Å². The normalized spacial score (nSPS) is 14.6. The first kappa shape index (κ1) is 11.0. The number of nitrogens with zero attached hydrogens (tertiary/aromatic N) is 1. The van der Waals surface area contributed by atoms with Crippen LogP contribution in [0.25, 0.3) is 0 Å². The Labute approximate surface area is 96.5 Å². The number of hydrogen-bond donors (Lipinski definition) is 2. The quantitative estimate of drug-likeness (QED) is 0.694. The molecule has 0 aromatic carbocycles. The molecule has 0 atom stereocenters. The fourth-order valence-electron chi connectivity index (χ4n) is 1.57. The zero-order valence-corrected chi connectivity index (χ0v) is 8.98. The van der Waals surface area contributed by atoms with Crippen molar-refractivity contribution in [3.63, 3.8) is 0 Å². The molecule has 3 N–H and O–H groups in total. The predicted octanol–water partition coefficient (Wildman–Crippen LogP) is -0.233. The number of nitrogens with one attached hydrogen (secondary N) is 1. The molecule has 1 amide bonds. The van der Waals surface area contributed by atoms with Gasteiger partial charge in [-0.1, -0.05) is 0 Å². The van der Waals surface area contributed by atoms with Gasteiger partial charge in [-0.15, -0.1) is 0 Å². The van der Waals surface area contributed by atoms with E-state index in [0.717, 1.165) is 0 Å². The van der Waals surface area contributed by atoms with E-state index < -0.39 is 17.5 Å². The summed E-state index contributed by atoms with van der Waals surface area (Å²) in [7, 11) is 0. The van der Waals surface area contributed by atoms with Gasteiger partial charge in [0.2, 0.25) is 17.5 Å². The zero-order chi connectivity index (χ0) is 12.6. The van der Waals surface area contributed by atoms with Crippen LogP contribution in [0.2, 0.25) is 0 Å². The third-order valence-corrected chi connectivity index (χ3v) is 2.31. The number of nitrogens with two attached hydrogens (primary N) is 1. The maximum atomic E-state index is 12.0. The van der Waals surface area contributed by atoms with Gasteiger partial charge in [0.05, 0.1) is 5.56 Å². The van der Waals surface area contributed by atoms with Crippen molar-refractivity contribution in [2.75, 3.05) is 0 Å². The van der Waals surface area contributed by atoms with Crippen molar-refractivity contribution in [2.24, 2.45) is 5.73 Å². The molecule has 0 spiro atoms. The molecule has 2 rings (SSSR count). The highest BCUT2D eigenvalue weighted by atomic mass is 16.2. The molecular formula is C11H9N3O3. The van der Waals surface area contributed by atoms with E-state index in [4.69, 9.17) is 5.73 Å². The SMILES string of the molecule is CC(=O)NC1=C(N)C(=O)c2ncccc2C1=O. The summed E-state index contributed by atoms with van der Waals surface area (Å²) in [6.07, 6.45) is 1.40. The van der Waals surface area contributed by atoms with E-state index >= 15 is 0 Å². The zero-order valence-electron chi connectivity index (χ0n) is 8.98. The van der Waals surface area contributed by atoms with Gasteiger partial charge in [0.15, 0.2) is 0 Å². The van der Waals surface area contributed by atoms with Gasteiger partial charge in [-0.25, -0.2) is 0 Å². The summed E-state index contributed by atoms with van der Waals surface area (Å²) < 4.78 is 0. The van der Waals surface area contributed by atoms with Gasteiger partial charge in [-0.3, -0.25) is 19.4 Å². The van der Waals surface area contributed by atoms with Crippen LogP contribution in [0.3, 0.4) is 0 Å². The minimum Gasteiger partial charge on any atom is -0.394 e. The van der Waals surface area contributed by atoms with Crippen LogP contribution in [0.5, 0.6) is 0 Å². The number of carbonyl (C=O) groups excluding carboxylic acids is 3. The minimum absolute atomic E-state index is 0.0177. The Hall–Kier alpha value is -2.50. The van der Waals surface area contributed by atoms with Gasteiger partial charge >= 0.3 is 0 Å². The van der Waals surface area contributed by atoms with Crippen molar-refractivity contribution in [1.29, 1.82) is 0 Å². The molecule has 1 aliphatic rings. The topological polar surface area (TPSA) is 102 Å². The monoisotopic (exact) mass is 231 g/mol. The van der Waals surface area contributed by atoms with E-state index in [2.05, 4.69) is 10.3 Å². The molecular weight excluding hydrogens is 222 g/mol. The molecule has 1 aromatic rings. The fraction of sp³-hybridized carbons (Fsp3) is 0.0909. The Morgan fingerprint density at radius 1 is 1.35 bits per heavy atom. The highest BCUT2D eigenvalue weighted by Crippen LogP contribution is 2.20. The molecule has 6 nitrogen and oxygen atoms in total. The Balaban J connectivity index is 2.58. The van der Waals surface area contributed by atoms with Crippen molar-refractivity contribution in [1.82, 2.24) is 10.3 Å². The Kier molecular flexibility index (Phi) is 2.47. The van der Waals surface area contributed by atoms with Crippen LogP contribution in [0.4, 0.5) is 0 Å². The van der Waals surface area contributed by atoms with Crippen molar-refractivity contribution in [2.45, 2.75) is 6.92 Å². The van der Waals surface area contributed by atoms with Crippen LogP contribution >= 0.6 is 0 Å². The maximum absolute atomic E-state index is 12.0. The summed E-state index contributed by atoms with van der Waals surface area (Å²) in [5.41, 5.74) is 5.24. The second-order valence-electron chi connectivity index (χ2n) is 3.53. The van der Waals surface area contributed by atoms with E-state index in [0.29, 0.717) is 0 Å². The Morgan fingerprint density at radius 2 is 2.06 bits per heavy atom. The van der Waals surface area contributed by atoms with Crippen LogP contribution in [0.15, 0.2) is 29.7 Å². The number of carbonyl (C=O) groups is 3. The fourth-order valence-corrected chi connectivity index (χ4v) is 1.57. The van der Waals surface area contributed by atoms with Crippen LogP contribution in [-0.2, 0) is 4.79 Å². The van der Waals surface area contributed by atoms with Gasteiger partial charge in [0.25, 0.3) is 0 Å². The summed E-state index contributed by atoms with van der Waals surface area (Å²) >= 11 is 0. The summed E-state index contributed by atoms with van der Waals surface area (Å²) in [5.74, 6) is -1.51. The van der Waals surface area contributed by atoms with Gasteiger partial charge < -0.3 is 11.1 Å². The summed E-state index contributed by atoms with van der Waals surface area (Å²) in [6.45, 7) is 1.23. The van der Waals surface area contributed by atoms with E-state index in [1.165, 1.54) is 25.3 Å². The first-order valence-electron chi connectivity index (χ1n) is 4.84. The van der Waals surface area contributed by atoms with Gasteiger partial charge in [0, 0.05) is 13.1 Å². The molecule has 0 fully saturated rings. The first-order chi connectivity index (χ1) is 8.02. The highest BCUT2D eigenvalue weighted by molar-refractivity contribution is 6.26. The summed E-state index contributed by atoms with van der Waals surface area (Å²) in [6, 6.07) is 3.01. The van der Waals surface area contributed by atoms with Gasteiger partial charge in [-0.2, -0.15) is 0 Å². The Bertz CT molecular complexity index is 575. The lowest BCUT2D eigenvalue weighted by molar-refractivity contribution is -0.118.